The summed E-state index contributed by atoms with van der Waals surface area (Å²) in [5, 5.41) is 9.17. The van der Waals surface area contributed by atoms with Gasteiger partial charge in [0.05, 0.1) is 11.2 Å². The smallest absolute Gasteiger partial charge is 0.311 e. The van der Waals surface area contributed by atoms with Crippen LogP contribution in [0, 0.1) is 5.41 Å². The molecule has 4 nitrogen and oxygen atoms in total. The van der Waals surface area contributed by atoms with Crippen LogP contribution in [0.1, 0.15) is 33.1 Å². The monoisotopic (exact) mass is 259 g/mol. The number of aliphatic carboxylic acids is 1. The number of carboxylic acid groups (broad SMARTS) is 1. The van der Waals surface area contributed by atoms with E-state index in [1.54, 1.807) is 23.6 Å². The quantitative estimate of drug-likeness (QED) is 0.765. The zero-order chi connectivity index (χ0) is 12.9. The van der Waals surface area contributed by atoms with Gasteiger partial charge in [0.15, 0.2) is 0 Å². The van der Waals surface area contributed by atoms with Crippen LogP contribution in [0.4, 0.5) is 0 Å². The van der Waals surface area contributed by atoms with Crippen molar-refractivity contribution in [2.45, 2.75) is 33.1 Å². The van der Waals surface area contributed by atoms with Gasteiger partial charge in [-0.2, -0.15) is 11.8 Å². The second kappa shape index (κ2) is 6.28. The fourth-order valence-electron chi connectivity index (χ4n) is 2.02. The maximum atomic E-state index is 11.9. The van der Waals surface area contributed by atoms with E-state index in [9.17, 15) is 9.59 Å². The Labute approximate surface area is 107 Å². The number of carbonyl (C=O) groups is 2. The summed E-state index contributed by atoms with van der Waals surface area (Å²) in [5.74, 6) is 0.742. The summed E-state index contributed by atoms with van der Waals surface area (Å²) >= 11 is 1.62. The molecule has 0 bridgehead atoms. The number of thioether (sulfide) groups is 1. The molecule has 1 amide bonds. The molecule has 1 atom stereocenters. The fraction of sp³-hybridized carbons (Fsp3) is 0.833. The largest absolute Gasteiger partial charge is 0.481 e. The highest BCUT2D eigenvalue weighted by Crippen LogP contribution is 2.29. The van der Waals surface area contributed by atoms with Gasteiger partial charge in [-0.1, -0.05) is 6.92 Å². The minimum absolute atomic E-state index is 0.0793. The number of hydrogen-bond donors (Lipinski definition) is 1. The Morgan fingerprint density at radius 1 is 1.47 bits per heavy atom. The van der Waals surface area contributed by atoms with Gasteiger partial charge in [0.1, 0.15) is 0 Å². The van der Waals surface area contributed by atoms with Crippen LogP contribution in [0.25, 0.3) is 0 Å². The van der Waals surface area contributed by atoms with Gasteiger partial charge in [-0.15, -0.1) is 0 Å². The first kappa shape index (κ1) is 14.4. The standard InChI is InChI=1S/C12H21NO3S/c1-3-7-17-8-10(14)13-6-4-5-12(2,9-13)11(15)16/h3-9H2,1-2H3,(H,15,16). The number of carboxylic acids is 1. The molecule has 17 heavy (non-hydrogen) atoms. The third-order valence-corrected chi connectivity index (χ3v) is 4.29. The molecule has 1 aliphatic rings. The molecule has 1 saturated heterocycles. The van der Waals surface area contributed by atoms with Crippen LogP contribution in [0.5, 0.6) is 0 Å². The molecule has 0 spiro atoms. The van der Waals surface area contributed by atoms with Crippen molar-refractivity contribution in [3.63, 3.8) is 0 Å². The van der Waals surface area contributed by atoms with E-state index in [4.69, 9.17) is 5.11 Å². The minimum atomic E-state index is -0.795. The fourth-order valence-corrected chi connectivity index (χ4v) is 2.81. The van der Waals surface area contributed by atoms with Crippen LogP contribution < -0.4 is 0 Å². The highest BCUT2D eigenvalue weighted by molar-refractivity contribution is 7.99. The molecule has 0 saturated carbocycles. The van der Waals surface area contributed by atoms with Gasteiger partial charge in [0.2, 0.25) is 5.91 Å². The van der Waals surface area contributed by atoms with Crippen LogP contribution in [0.3, 0.4) is 0 Å². The maximum Gasteiger partial charge on any atom is 0.311 e. The first-order valence-corrected chi connectivity index (χ1v) is 7.24. The molecule has 0 aliphatic carbocycles. The lowest BCUT2D eigenvalue weighted by atomic mass is 9.82. The van der Waals surface area contributed by atoms with E-state index >= 15 is 0 Å². The molecular weight excluding hydrogens is 238 g/mol. The van der Waals surface area contributed by atoms with E-state index in [-0.39, 0.29) is 5.91 Å². The predicted octanol–water partition coefficient (Wildman–Crippen LogP) is 1.84. The highest BCUT2D eigenvalue weighted by atomic mass is 32.2. The molecule has 1 unspecified atom stereocenters. The molecule has 1 N–H and O–H groups in total. The molecule has 0 aromatic rings. The Balaban J connectivity index is 2.49. The van der Waals surface area contributed by atoms with Crippen LogP contribution in [0.2, 0.25) is 0 Å². The molecule has 5 heteroatoms. The topological polar surface area (TPSA) is 57.6 Å². The van der Waals surface area contributed by atoms with Crippen LogP contribution >= 0.6 is 11.8 Å². The maximum absolute atomic E-state index is 11.9. The normalized spacial score (nSPS) is 24.7. The Bertz CT molecular complexity index is 295. The highest BCUT2D eigenvalue weighted by Gasteiger charge is 2.39. The minimum Gasteiger partial charge on any atom is -0.481 e. The molecule has 0 aromatic carbocycles. The molecule has 98 valence electrons. The van der Waals surface area contributed by atoms with Gasteiger partial charge >= 0.3 is 5.97 Å². The molecular formula is C12H21NO3S. The van der Waals surface area contributed by atoms with E-state index in [0.29, 0.717) is 25.3 Å². The predicted molar refractivity (Wildman–Crippen MR) is 69.2 cm³/mol. The average molecular weight is 259 g/mol. The summed E-state index contributed by atoms with van der Waals surface area (Å²) in [5.41, 5.74) is -0.761. The number of nitrogens with zero attached hydrogens (tertiary/aromatic N) is 1. The van der Waals surface area contributed by atoms with E-state index in [2.05, 4.69) is 6.92 Å². The summed E-state index contributed by atoms with van der Waals surface area (Å²) in [6.45, 7) is 4.87. The van der Waals surface area contributed by atoms with Crippen molar-refractivity contribution in [2.24, 2.45) is 5.41 Å². The second-order valence-electron chi connectivity index (χ2n) is 4.84. The SMILES string of the molecule is CCCSCC(=O)N1CCCC(C)(C(=O)O)C1. The van der Waals surface area contributed by atoms with E-state index < -0.39 is 11.4 Å². The van der Waals surface area contributed by atoms with Crippen LogP contribution in [-0.4, -0.2) is 46.5 Å². The first-order valence-electron chi connectivity index (χ1n) is 6.08. The Morgan fingerprint density at radius 3 is 2.76 bits per heavy atom. The summed E-state index contributed by atoms with van der Waals surface area (Å²) in [6.07, 6.45) is 2.51. The molecule has 1 aliphatic heterocycles. The van der Waals surface area contributed by atoms with Gasteiger partial charge in [-0.3, -0.25) is 9.59 Å². The van der Waals surface area contributed by atoms with Crippen LogP contribution in [-0.2, 0) is 9.59 Å². The van der Waals surface area contributed by atoms with Gasteiger partial charge in [-0.25, -0.2) is 0 Å². The van der Waals surface area contributed by atoms with E-state index in [0.717, 1.165) is 18.6 Å². The van der Waals surface area contributed by atoms with Crippen molar-refractivity contribution in [3.8, 4) is 0 Å². The Hall–Kier alpha value is -0.710. The lowest BCUT2D eigenvalue weighted by molar-refractivity contribution is -0.153. The van der Waals surface area contributed by atoms with Crippen molar-refractivity contribution >= 4 is 23.6 Å². The Kier molecular flexibility index (Phi) is 5.31. The summed E-state index contributed by atoms with van der Waals surface area (Å²) in [7, 11) is 0. The molecule has 0 radical (unpaired) electrons. The number of amides is 1. The summed E-state index contributed by atoms with van der Waals surface area (Å²) in [6, 6.07) is 0. The number of likely N-dealkylation sites (tertiary alicyclic amines) is 1. The molecule has 0 aromatic heterocycles. The van der Waals surface area contributed by atoms with E-state index in [1.807, 2.05) is 0 Å². The third-order valence-electron chi connectivity index (χ3n) is 3.14. The Morgan fingerprint density at radius 2 is 2.18 bits per heavy atom. The van der Waals surface area contributed by atoms with Crippen molar-refractivity contribution < 1.29 is 14.7 Å². The van der Waals surface area contributed by atoms with Crippen LogP contribution in [0.15, 0.2) is 0 Å². The van der Waals surface area contributed by atoms with Crippen molar-refractivity contribution in [1.82, 2.24) is 4.90 Å². The zero-order valence-corrected chi connectivity index (χ0v) is 11.4. The molecule has 1 rings (SSSR count). The van der Waals surface area contributed by atoms with Crippen molar-refractivity contribution in [1.29, 1.82) is 0 Å². The third kappa shape index (κ3) is 3.91. The van der Waals surface area contributed by atoms with Crippen molar-refractivity contribution in [3.05, 3.63) is 0 Å². The second-order valence-corrected chi connectivity index (χ2v) is 5.94. The van der Waals surface area contributed by atoms with Gasteiger partial charge in [0.25, 0.3) is 0 Å². The number of hydrogen-bond acceptors (Lipinski definition) is 3. The van der Waals surface area contributed by atoms with Gasteiger partial charge in [-0.05, 0) is 31.9 Å². The number of carbonyl (C=O) groups excluding carboxylic acids is 1. The lowest BCUT2D eigenvalue weighted by Gasteiger charge is -2.37. The molecule has 1 heterocycles. The zero-order valence-electron chi connectivity index (χ0n) is 10.6. The lowest BCUT2D eigenvalue weighted by Crippen LogP contribution is -2.48. The number of rotatable bonds is 5. The first-order chi connectivity index (χ1) is 7.99. The summed E-state index contributed by atoms with van der Waals surface area (Å²) in [4.78, 5) is 24.8. The number of piperidine rings is 1. The van der Waals surface area contributed by atoms with Crippen molar-refractivity contribution in [2.75, 3.05) is 24.6 Å². The molecule has 1 fully saturated rings. The summed E-state index contributed by atoms with van der Waals surface area (Å²) < 4.78 is 0. The van der Waals surface area contributed by atoms with Gasteiger partial charge in [0, 0.05) is 13.1 Å². The van der Waals surface area contributed by atoms with Gasteiger partial charge < -0.3 is 10.0 Å². The average Bonchev–Trinajstić information content (AvgIpc) is 2.29. The van der Waals surface area contributed by atoms with E-state index in [1.165, 1.54) is 0 Å².